The highest BCUT2D eigenvalue weighted by Crippen LogP contribution is 2.26. The van der Waals surface area contributed by atoms with Gasteiger partial charge in [0.1, 0.15) is 18.1 Å². The average Bonchev–Trinajstić information content (AvgIpc) is 2.86. The monoisotopic (exact) mass is 451 g/mol. The first-order valence-electron chi connectivity index (χ1n) is 12.2. The number of hydrogen-bond acceptors (Lipinski definition) is 3. The summed E-state index contributed by atoms with van der Waals surface area (Å²) in [6, 6.07) is 14.1. The van der Waals surface area contributed by atoms with E-state index in [1.165, 1.54) is 11.1 Å². The van der Waals surface area contributed by atoms with E-state index in [-0.39, 0.29) is 5.78 Å². The predicted octanol–water partition coefficient (Wildman–Crippen LogP) is 7.89. The van der Waals surface area contributed by atoms with Gasteiger partial charge in [-0.1, -0.05) is 77.8 Å². The number of rotatable bonds is 8. The van der Waals surface area contributed by atoms with Gasteiger partial charge in [-0.05, 0) is 73.6 Å². The SMILES string of the molecule is C#C/C(N)=C(/C)c1cccc(COc2cccc(C)c2CCCC(C)=O)c1.CC.CC.CC. The van der Waals surface area contributed by atoms with Crippen LogP contribution < -0.4 is 10.5 Å². The average molecular weight is 452 g/mol. The highest BCUT2D eigenvalue weighted by atomic mass is 16.5. The van der Waals surface area contributed by atoms with Crippen molar-refractivity contribution in [1.82, 2.24) is 0 Å². The third-order valence-corrected chi connectivity index (χ3v) is 4.64. The minimum atomic E-state index is 0.220. The quantitative estimate of drug-likeness (QED) is 0.415. The zero-order chi connectivity index (χ0) is 25.8. The molecule has 2 N–H and O–H groups in total. The summed E-state index contributed by atoms with van der Waals surface area (Å²) in [6.07, 6.45) is 7.66. The summed E-state index contributed by atoms with van der Waals surface area (Å²) in [5, 5.41) is 0. The standard InChI is InChI=1S/C24H27NO2.3C2H6/c1-5-23(25)19(4)21-12-8-11-20(15-21)16-27-24-14-6-9-17(2)22(24)13-7-10-18(3)26;3*1-2/h1,6,8-9,11-12,14-15H,7,10,13,16,25H2,2-4H3;3*1-2H3/b23-19+;;;. The Morgan fingerprint density at radius 1 is 1.00 bits per heavy atom. The van der Waals surface area contributed by atoms with Crippen molar-refractivity contribution < 1.29 is 9.53 Å². The molecule has 0 aliphatic rings. The topological polar surface area (TPSA) is 52.3 Å². The van der Waals surface area contributed by atoms with Gasteiger partial charge in [0.05, 0.1) is 5.70 Å². The van der Waals surface area contributed by atoms with E-state index < -0.39 is 0 Å². The third kappa shape index (κ3) is 12.0. The molecule has 2 aromatic carbocycles. The highest BCUT2D eigenvalue weighted by Gasteiger charge is 2.09. The van der Waals surface area contributed by atoms with Gasteiger partial charge in [-0.25, -0.2) is 0 Å². The lowest BCUT2D eigenvalue weighted by Crippen LogP contribution is -2.02. The fraction of sp³-hybridized carbons (Fsp3) is 0.433. The molecule has 0 amide bonds. The van der Waals surface area contributed by atoms with Gasteiger partial charge in [0.2, 0.25) is 0 Å². The minimum Gasteiger partial charge on any atom is -0.489 e. The summed E-state index contributed by atoms with van der Waals surface area (Å²) in [7, 11) is 0. The lowest BCUT2D eigenvalue weighted by atomic mass is 10.0. The molecule has 0 aliphatic heterocycles. The Hall–Kier alpha value is -2.99. The minimum absolute atomic E-state index is 0.220. The molecule has 2 aromatic rings. The first kappa shape index (κ1) is 32.2. The van der Waals surface area contributed by atoms with Crippen molar-refractivity contribution >= 4 is 11.4 Å². The predicted molar refractivity (Wildman–Crippen MR) is 145 cm³/mol. The Labute approximate surface area is 203 Å². The van der Waals surface area contributed by atoms with Gasteiger partial charge in [-0.15, -0.1) is 6.42 Å². The summed E-state index contributed by atoms with van der Waals surface area (Å²) in [5.74, 6) is 3.58. The largest absolute Gasteiger partial charge is 0.489 e. The van der Waals surface area contributed by atoms with Crippen molar-refractivity contribution in [3.63, 3.8) is 0 Å². The van der Waals surface area contributed by atoms with E-state index in [0.717, 1.165) is 35.3 Å². The lowest BCUT2D eigenvalue weighted by molar-refractivity contribution is -0.117. The van der Waals surface area contributed by atoms with Crippen molar-refractivity contribution in [3.05, 3.63) is 70.4 Å². The van der Waals surface area contributed by atoms with Crippen LogP contribution in [-0.4, -0.2) is 5.78 Å². The summed E-state index contributed by atoms with van der Waals surface area (Å²) in [4.78, 5) is 11.2. The molecule has 0 unspecified atom stereocenters. The molecule has 0 spiro atoms. The zero-order valence-electron chi connectivity index (χ0n) is 22.3. The van der Waals surface area contributed by atoms with E-state index in [1.807, 2.05) is 84.9 Å². The van der Waals surface area contributed by atoms with Crippen molar-refractivity contribution in [2.45, 2.75) is 88.2 Å². The number of hydrogen-bond donors (Lipinski definition) is 1. The number of aryl methyl sites for hydroxylation is 1. The van der Waals surface area contributed by atoms with Gasteiger partial charge in [0, 0.05) is 6.42 Å². The molecule has 2 rings (SSSR count). The van der Waals surface area contributed by atoms with Crippen molar-refractivity contribution in [2.75, 3.05) is 0 Å². The van der Waals surface area contributed by atoms with Crippen LogP contribution in [0.3, 0.4) is 0 Å². The van der Waals surface area contributed by atoms with Crippen LogP contribution in [0.1, 0.15) is 90.5 Å². The van der Waals surface area contributed by atoms with Gasteiger partial charge in [-0.2, -0.15) is 0 Å². The van der Waals surface area contributed by atoms with E-state index in [2.05, 4.69) is 18.9 Å². The maximum atomic E-state index is 11.2. The van der Waals surface area contributed by atoms with Gasteiger partial charge < -0.3 is 15.3 Å². The second-order valence-electron chi connectivity index (χ2n) is 6.78. The van der Waals surface area contributed by atoms with E-state index in [1.54, 1.807) is 6.92 Å². The number of terminal acetylenes is 1. The number of Topliss-reactive ketones (excluding diaryl/α,β-unsaturated/α-hetero) is 1. The normalized spacial score (nSPS) is 9.94. The number of ether oxygens (including phenoxy) is 1. The van der Waals surface area contributed by atoms with Crippen molar-refractivity contribution in [3.8, 4) is 18.1 Å². The molecule has 0 fully saturated rings. The van der Waals surface area contributed by atoms with Crippen LogP contribution in [0.25, 0.3) is 5.57 Å². The summed E-state index contributed by atoms with van der Waals surface area (Å²) in [5.41, 5.74) is 11.6. The van der Waals surface area contributed by atoms with E-state index in [4.69, 9.17) is 16.9 Å². The molecule has 0 aromatic heterocycles. The molecule has 3 nitrogen and oxygen atoms in total. The first-order valence-corrected chi connectivity index (χ1v) is 12.2. The fourth-order valence-corrected chi connectivity index (χ4v) is 2.96. The van der Waals surface area contributed by atoms with Gasteiger partial charge in [0.25, 0.3) is 0 Å². The Kier molecular flexibility index (Phi) is 19.2. The Bertz CT molecular complexity index is 888. The number of benzene rings is 2. The summed E-state index contributed by atoms with van der Waals surface area (Å²) in [6.45, 7) is 18.1. The molecule has 0 saturated heterocycles. The van der Waals surface area contributed by atoms with Crippen LogP contribution in [-0.2, 0) is 17.8 Å². The molecule has 0 atom stereocenters. The maximum absolute atomic E-state index is 11.2. The van der Waals surface area contributed by atoms with Crippen LogP contribution >= 0.6 is 0 Å². The molecular formula is C30H45NO2. The fourth-order valence-electron chi connectivity index (χ4n) is 2.96. The van der Waals surface area contributed by atoms with Crippen LogP contribution in [0.4, 0.5) is 0 Å². The van der Waals surface area contributed by atoms with Crippen molar-refractivity contribution in [1.29, 1.82) is 0 Å². The molecule has 0 radical (unpaired) electrons. The highest BCUT2D eigenvalue weighted by molar-refractivity contribution is 5.75. The summed E-state index contributed by atoms with van der Waals surface area (Å²) >= 11 is 0. The van der Waals surface area contributed by atoms with Crippen LogP contribution in [0.5, 0.6) is 5.75 Å². The maximum Gasteiger partial charge on any atom is 0.129 e. The van der Waals surface area contributed by atoms with Gasteiger partial charge in [0.15, 0.2) is 0 Å². The summed E-state index contributed by atoms with van der Waals surface area (Å²) < 4.78 is 6.11. The van der Waals surface area contributed by atoms with E-state index >= 15 is 0 Å². The number of nitrogens with two attached hydrogens (primary N) is 1. The molecule has 33 heavy (non-hydrogen) atoms. The lowest BCUT2D eigenvalue weighted by Gasteiger charge is -2.14. The molecule has 3 heteroatoms. The van der Waals surface area contributed by atoms with Crippen LogP contribution in [0.15, 0.2) is 48.2 Å². The molecule has 0 bridgehead atoms. The Balaban J connectivity index is 0. The third-order valence-electron chi connectivity index (χ3n) is 4.64. The zero-order valence-corrected chi connectivity index (χ0v) is 22.3. The molecule has 0 aliphatic carbocycles. The molecule has 0 saturated carbocycles. The Morgan fingerprint density at radius 2 is 1.61 bits per heavy atom. The van der Waals surface area contributed by atoms with E-state index in [9.17, 15) is 4.79 Å². The number of carbonyl (C=O) groups is 1. The van der Waals surface area contributed by atoms with Crippen LogP contribution in [0, 0.1) is 19.3 Å². The number of carbonyl (C=O) groups excluding carboxylic acids is 1. The van der Waals surface area contributed by atoms with Gasteiger partial charge >= 0.3 is 0 Å². The number of ketones is 1. The molecular weight excluding hydrogens is 406 g/mol. The number of allylic oxidation sites excluding steroid dienone is 2. The van der Waals surface area contributed by atoms with Crippen molar-refractivity contribution in [2.24, 2.45) is 5.73 Å². The molecule has 0 heterocycles. The Morgan fingerprint density at radius 3 is 2.18 bits per heavy atom. The second kappa shape index (κ2) is 19.7. The first-order chi connectivity index (χ1) is 15.9. The molecule has 182 valence electrons. The smallest absolute Gasteiger partial charge is 0.129 e. The van der Waals surface area contributed by atoms with E-state index in [0.29, 0.717) is 18.7 Å². The van der Waals surface area contributed by atoms with Gasteiger partial charge in [-0.3, -0.25) is 0 Å². The van der Waals surface area contributed by atoms with Crippen LogP contribution in [0.2, 0.25) is 0 Å². The second-order valence-corrected chi connectivity index (χ2v) is 6.78.